The quantitative estimate of drug-likeness (QED) is 0.864. The standard InChI is InChI=1S/C17H17ClN4O2/c18-14-5-4-13-16(20-14)22(12-2-1-3-12)17(19-13)21-15(23)10-11-6-8-24-9-7-11/h1-5,11H,6-10H2,(H,19,21,23). The van der Waals surface area contributed by atoms with E-state index < -0.39 is 0 Å². The average molecular weight is 345 g/mol. The van der Waals surface area contributed by atoms with E-state index in [1.54, 1.807) is 12.1 Å². The smallest absolute Gasteiger partial charge is 0.226 e. The number of halogens is 1. The van der Waals surface area contributed by atoms with Gasteiger partial charge < -0.3 is 4.74 Å². The van der Waals surface area contributed by atoms with Gasteiger partial charge in [0.05, 0.1) is 5.70 Å². The number of amides is 1. The minimum atomic E-state index is -0.0338. The van der Waals surface area contributed by atoms with Crippen LogP contribution in [-0.2, 0) is 9.53 Å². The summed E-state index contributed by atoms with van der Waals surface area (Å²) in [6.45, 7) is 1.47. The summed E-state index contributed by atoms with van der Waals surface area (Å²) in [6.07, 6.45) is 8.15. The molecule has 0 aromatic carbocycles. The highest BCUT2D eigenvalue weighted by Gasteiger charge is 2.21. The van der Waals surface area contributed by atoms with Gasteiger partial charge >= 0.3 is 0 Å². The van der Waals surface area contributed by atoms with Gasteiger partial charge in [0.15, 0.2) is 5.65 Å². The summed E-state index contributed by atoms with van der Waals surface area (Å²) in [6, 6.07) is 3.50. The van der Waals surface area contributed by atoms with E-state index >= 15 is 0 Å². The van der Waals surface area contributed by atoms with Gasteiger partial charge in [-0.25, -0.2) is 9.97 Å². The molecular weight excluding hydrogens is 328 g/mol. The average Bonchev–Trinajstić information content (AvgIpc) is 2.84. The predicted molar refractivity (Wildman–Crippen MR) is 92.7 cm³/mol. The molecule has 0 unspecified atom stereocenters. The summed E-state index contributed by atoms with van der Waals surface area (Å²) in [7, 11) is 0. The maximum Gasteiger partial charge on any atom is 0.226 e. The number of carbonyl (C=O) groups excluding carboxylic acids is 1. The molecule has 1 aliphatic heterocycles. The van der Waals surface area contributed by atoms with Gasteiger partial charge in [-0.05, 0) is 43.0 Å². The number of hydrogen-bond acceptors (Lipinski definition) is 4. The summed E-state index contributed by atoms with van der Waals surface area (Å²) in [5, 5.41) is 3.33. The molecule has 24 heavy (non-hydrogen) atoms. The number of anilines is 1. The number of rotatable bonds is 4. The van der Waals surface area contributed by atoms with Crippen molar-refractivity contribution in [1.82, 2.24) is 14.5 Å². The minimum Gasteiger partial charge on any atom is -0.381 e. The van der Waals surface area contributed by atoms with Crippen LogP contribution in [-0.4, -0.2) is 33.7 Å². The molecule has 0 bridgehead atoms. The fourth-order valence-electron chi connectivity index (χ4n) is 2.98. The van der Waals surface area contributed by atoms with Crippen LogP contribution in [0.2, 0.25) is 5.15 Å². The SMILES string of the molecule is O=C(CC1CCOCC1)Nc1nc2ccc(Cl)nc2n1C1=CC=C1. The fourth-order valence-corrected chi connectivity index (χ4v) is 3.13. The number of allylic oxidation sites excluding steroid dienone is 4. The third-order valence-electron chi connectivity index (χ3n) is 4.33. The molecule has 0 saturated carbocycles. The van der Waals surface area contributed by atoms with Crippen molar-refractivity contribution in [1.29, 1.82) is 0 Å². The lowest BCUT2D eigenvalue weighted by atomic mass is 9.96. The molecule has 2 aromatic rings. The molecule has 1 saturated heterocycles. The summed E-state index contributed by atoms with van der Waals surface area (Å²) >= 11 is 6.01. The Morgan fingerprint density at radius 2 is 2.12 bits per heavy atom. The van der Waals surface area contributed by atoms with Crippen LogP contribution in [0.5, 0.6) is 0 Å². The minimum absolute atomic E-state index is 0.0338. The molecular formula is C17H17ClN4O2. The van der Waals surface area contributed by atoms with Crippen molar-refractivity contribution >= 4 is 40.3 Å². The van der Waals surface area contributed by atoms with Crippen LogP contribution >= 0.6 is 11.6 Å². The Hall–Kier alpha value is -2.18. The second-order valence-electron chi connectivity index (χ2n) is 6.01. The zero-order valence-corrected chi connectivity index (χ0v) is 13.8. The molecule has 1 fully saturated rings. The molecule has 124 valence electrons. The molecule has 1 N–H and O–H groups in total. The first-order valence-corrected chi connectivity index (χ1v) is 8.40. The van der Waals surface area contributed by atoms with Gasteiger partial charge in [0.2, 0.25) is 11.9 Å². The highest BCUT2D eigenvalue weighted by Crippen LogP contribution is 2.28. The molecule has 2 aliphatic rings. The van der Waals surface area contributed by atoms with Gasteiger partial charge in [0.25, 0.3) is 0 Å². The Balaban J connectivity index is 1.60. The monoisotopic (exact) mass is 344 g/mol. The van der Waals surface area contributed by atoms with Crippen LogP contribution in [0.1, 0.15) is 19.3 Å². The van der Waals surface area contributed by atoms with Crippen LogP contribution < -0.4 is 5.32 Å². The topological polar surface area (TPSA) is 69.0 Å². The largest absolute Gasteiger partial charge is 0.381 e. The number of nitrogens with zero attached hydrogens (tertiary/aromatic N) is 3. The van der Waals surface area contributed by atoms with E-state index in [4.69, 9.17) is 16.3 Å². The maximum absolute atomic E-state index is 12.4. The highest BCUT2D eigenvalue weighted by molar-refractivity contribution is 6.29. The predicted octanol–water partition coefficient (Wildman–Crippen LogP) is 3.25. The van der Waals surface area contributed by atoms with E-state index in [2.05, 4.69) is 15.3 Å². The third-order valence-corrected chi connectivity index (χ3v) is 4.54. The van der Waals surface area contributed by atoms with Gasteiger partial charge in [-0.2, -0.15) is 0 Å². The van der Waals surface area contributed by atoms with Crippen molar-refractivity contribution in [3.63, 3.8) is 0 Å². The Morgan fingerprint density at radius 3 is 2.83 bits per heavy atom. The van der Waals surface area contributed by atoms with Crippen molar-refractivity contribution in [3.05, 3.63) is 35.5 Å². The van der Waals surface area contributed by atoms with Crippen LogP contribution in [0.4, 0.5) is 5.95 Å². The van der Waals surface area contributed by atoms with Crippen LogP contribution in [0, 0.1) is 5.92 Å². The third kappa shape index (κ3) is 2.95. The normalized spacial score (nSPS) is 17.6. The van der Waals surface area contributed by atoms with E-state index in [0.717, 1.165) is 31.8 Å². The van der Waals surface area contributed by atoms with E-state index in [1.807, 2.05) is 22.8 Å². The fraction of sp³-hybridized carbons (Fsp3) is 0.353. The van der Waals surface area contributed by atoms with Gasteiger partial charge in [-0.1, -0.05) is 17.7 Å². The van der Waals surface area contributed by atoms with E-state index in [-0.39, 0.29) is 5.91 Å². The maximum atomic E-state index is 12.4. The number of ether oxygens (including phenoxy) is 1. The van der Waals surface area contributed by atoms with Gasteiger partial charge in [-0.15, -0.1) is 0 Å². The van der Waals surface area contributed by atoms with Gasteiger partial charge in [-0.3, -0.25) is 14.7 Å². The van der Waals surface area contributed by atoms with Gasteiger partial charge in [0.1, 0.15) is 10.7 Å². The summed E-state index contributed by atoms with van der Waals surface area (Å²) < 4.78 is 7.16. The summed E-state index contributed by atoms with van der Waals surface area (Å²) in [5.41, 5.74) is 2.26. The number of hydrogen-bond donors (Lipinski definition) is 1. The molecule has 4 rings (SSSR count). The molecule has 1 amide bonds. The summed E-state index contributed by atoms with van der Waals surface area (Å²) in [5.74, 6) is 0.813. The lowest BCUT2D eigenvalue weighted by Crippen LogP contribution is -2.23. The second-order valence-corrected chi connectivity index (χ2v) is 6.39. The number of fused-ring (bicyclic) bond motifs is 1. The Kier molecular flexibility index (Phi) is 4.08. The number of imidazole rings is 1. The van der Waals surface area contributed by atoms with E-state index in [1.165, 1.54) is 0 Å². The zero-order valence-electron chi connectivity index (χ0n) is 13.0. The number of carbonyl (C=O) groups is 1. The summed E-state index contributed by atoms with van der Waals surface area (Å²) in [4.78, 5) is 21.3. The first-order valence-electron chi connectivity index (χ1n) is 8.02. The lowest BCUT2D eigenvalue weighted by Gasteiger charge is -2.21. The van der Waals surface area contributed by atoms with Crippen LogP contribution in [0.25, 0.3) is 16.9 Å². The molecule has 0 radical (unpaired) electrons. The molecule has 1 aliphatic carbocycles. The molecule has 0 spiro atoms. The first-order chi connectivity index (χ1) is 11.7. The Morgan fingerprint density at radius 1 is 1.33 bits per heavy atom. The molecule has 2 aromatic heterocycles. The molecule has 6 nitrogen and oxygen atoms in total. The molecule has 3 heterocycles. The van der Waals surface area contributed by atoms with Crippen LogP contribution in [0.15, 0.2) is 30.4 Å². The lowest BCUT2D eigenvalue weighted by molar-refractivity contribution is -0.117. The number of pyridine rings is 1. The van der Waals surface area contributed by atoms with E-state index in [9.17, 15) is 4.79 Å². The van der Waals surface area contributed by atoms with Crippen molar-refractivity contribution in [2.75, 3.05) is 18.5 Å². The first kappa shape index (κ1) is 15.4. The second kappa shape index (κ2) is 6.37. The van der Waals surface area contributed by atoms with Crippen LogP contribution in [0.3, 0.4) is 0 Å². The van der Waals surface area contributed by atoms with E-state index in [0.29, 0.717) is 34.6 Å². The Bertz CT molecular complexity index is 850. The Labute approximate surface area is 144 Å². The number of aromatic nitrogens is 3. The molecule has 7 heteroatoms. The highest BCUT2D eigenvalue weighted by atomic mass is 35.5. The van der Waals surface area contributed by atoms with Crippen molar-refractivity contribution in [2.24, 2.45) is 5.92 Å². The zero-order chi connectivity index (χ0) is 16.5. The molecule has 0 atom stereocenters. The van der Waals surface area contributed by atoms with Crippen molar-refractivity contribution in [3.8, 4) is 0 Å². The van der Waals surface area contributed by atoms with Crippen molar-refractivity contribution < 1.29 is 9.53 Å². The van der Waals surface area contributed by atoms with Crippen molar-refractivity contribution in [2.45, 2.75) is 19.3 Å². The van der Waals surface area contributed by atoms with Gasteiger partial charge in [0, 0.05) is 19.6 Å². The number of nitrogens with one attached hydrogen (secondary N) is 1.